The van der Waals surface area contributed by atoms with Crippen molar-refractivity contribution in [1.82, 2.24) is 4.98 Å². The van der Waals surface area contributed by atoms with Crippen molar-refractivity contribution in [2.45, 2.75) is 18.9 Å². The van der Waals surface area contributed by atoms with Crippen LogP contribution in [0.15, 0.2) is 36.4 Å². The van der Waals surface area contributed by atoms with Gasteiger partial charge in [0, 0.05) is 32.0 Å². The third-order valence-electron chi connectivity index (χ3n) is 4.28. The van der Waals surface area contributed by atoms with Crippen molar-refractivity contribution in [2.75, 3.05) is 18.0 Å². The summed E-state index contributed by atoms with van der Waals surface area (Å²) in [5.74, 6) is 0.724. The number of anilines is 1. The summed E-state index contributed by atoms with van der Waals surface area (Å²) >= 11 is 13.5. The highest BCUT2D eigenvalue weighted by molar-refractivity contribution is 7.22. The van der Waals surface area contributed by atoms with E-state index in [0.717, 1.165) is 41.5 Å². The molecule has 1 radical (unpaired) electrons. The van der Waals surface area contributed by atoms with Crippen LogP contribution in [0.4, 0.5) is 5.13 Å². The Kier molecular flexibility index (Phi) is 4.63. The third-order valence-corrected chi connectivity index (χ3v) is 6.10. The molecular weight excluding hydrogens is 379 g/mol. The van der Waals surface area contributed by atoms with Gasteiger partial charge in [-0.25, -0.2) is 4.98 Å². The van der Waals surface area contributed by atoms with E-state index in [4.69, 9.17) is 27.9 Å². The first-order valence-electron chi connectivity index (χ1n) is 8.03. The topological polar surface area (TPSA) is 45.3 Å². The van der Waals surface area contributed by atoms with Gasteiger partial charge >= 0.3 is 0 Å². The molecule has 1 aliphatic heterocycles. The van der Waals surface area contributed by atoms with Gasteiger partial charge in [-0.05, 0) is 24.3 Å². The lowest BCUT2D eigenvalue weighted by molar-refractivity contribution is 0.171. The number of fused-ring (bicyclic) bond motifs is 1. The summed E-state index contributed by atoms with van der Waals surface area (Å²) in [5, 5.41) is 13.8. The molecule has 0 unspecified atom stereocenters. The largest absolute Gasteiger partial charge is 0.490 e. The van der Waals surface area contributed by atoms with Gasteiger partial charge in [0.25, 0.3) is 0 Å². The molecule has 3 aromatic rings. The maximum Gasteiger partial charge on any atom is 0.205 e. The van der Waals surface area contributed by atoms with Crippen LogP contribution < -0.4 is 9.64 Å². The normalized spacial score (nSPS) is 15.7. The number of nitrogens with zero attached hydrogens (tertiary/aromatic N) is 2. The van der Waals surface area contributed by atoms with Crippen LogP contribution in [0.5, 0.6) is 11.5 Å². The predicted octanol–water partition coefficient (Wildman–Crippen LogP) is 5.79. The molecule has 0 aliphatic carbocycles. The van der Waals surface area contributed by atoms with Gasteiger partial charge in [0.1, 0.15) is 17.4 Å². The highest BCUT2D eigenvalue weighted by Crippen LogP contribution is 2.35. The van der Waals surface area contributed by atoms with Crippen LogP contribution in [-0.2, 0) is 5.11 Å². The van der Waals surface area contributed by atoms with E-state index in [9.17, 15) is 5.11 Å². The van der Waals surface area contributed by atoms with Gasteiger partial charge in [-0.3, -0.25) is 5.11 Å². The highest BCUT2D eigenvalue weighted by Gasteiger charge is 2.23. The van der Waals surface area contributed by atoms with Gasteiger partial charge < -0.3 is 9.64 Å². The van der Waals surface area contributed by atoms with E-state index >= 15 is 0 Å². The number of hydrogen-bond acceptors (Lipinski definition) is 4. The van der Waals surface area contributed by atoms with Crippen molar-refractivity contribution in [1.29, 1.82) is 0 Å². The molecule has 4 nitrogen and oxygen atoms in total. The standard InChI is InChI=1S/C18H15Cl2N2O2S/c19-13-5-4-12(10-14(13)20)24-11-6-8-22(9-7-11)18-21-17-15(23)2-1-3-16(17)25-18/h1-5,10-11H,6-9H2. The van der Waals surface area contributed by atoms with E-state index < -0.39 is 0 Å². The minimum Gasteiger partial charge on any atom is -0.490 e. The average molecular weight is 394 g/mol. The molecule has 7 heteroatoms. The first kappa shape index (κ1) is 16.8. The van der Waals surface area contributed by atoms with Crippen LogP contribution in [0, 0.1) is 0 Å². The number of aromatic nitrogens is 1. The number of thiazole rings is 1. The van der Waals surface area contributed by atoms with Gasteiger partial charge in [0.05, 0.1) is 14.7 Å². The smallest absolute Gasteiger partial charge is 0.205 e. The summed E-state index contributed by atoms with van der Waals surface area (Å²) in [4.78, 5) is 6.75. The quantitative estimate of drug-likeness (QED) is 0.565. The van der Waals surface area contributed by atoms with Crippen LogP contribution in [0.3, 0.4) is 0 Å². The summed E-state index contributed by atoms with van der Waals surface area (Å²) in [5.41, 5.74) is 0.566. The summed E-state index contributed by atoms with van der Waals surface area (Å²) in [7, 11) is 0. The molecule has 4 rings (SSSR count). The highest BCUT2D eigenvalue weighted by atomic mass is 35.5. The molecule has 0 N–H and O–H groups in total. The molecule has 1 fully saturated rings. The first-order chi connectivity index (χ1) is 12.1. The van der Waals surface area contributed by atoms with Crippen molar-refractivity contribution in [3.05, 3.63) is 46.4 Å². The average Bonchev–Trinajstić information content (AvgIpc) is 3.05. The second-order valence-corrected chi connectivity index (χ2v) is 7.80. The Morgan fingerprint density at radius 1 is 1.12 bits per heavy atom. The minimum absolute atomic E-state index is 0.0159. The van der Waals surface area contributed by atoms with Crippen LogP contribution in [0.25, 0.3) is 10.2 Å². The third kappa shape index (κ3) is 3.50. The van der Waals surface area contributed by atoms with Gasteiger partial charge in [-0.2, -0.15) is 0 Å². The van der Waals surface area contributed by atoms with Crippen molar-refractivity contribution in [3.8, 4) is 11.5 Å². The summed E-state index contributed by atoms with van der Waals surface area (Å²) in [6.07, 6.45) is 1.92. The fourth-order valence-electron chi connectivity index (χ4n) is 2.95. The second-order valence-electron chi connectivity index (χ2n) is 5.98. The Labute approximate surface area is 159 Å². The van der Waals surface area contributed by atoms with E-state index in [0.29, 0.717) is 15.6 Å². The number of ether oxygens (including phenoxy) is 1. The lowest BCUT2D eigenvalue weighted by Crippen LogP contribution is -2.38. The molecule has 1 aliphatic rings. The van der Waals surface area contributed by atoms with Crippen molar-refractivity contribution >= 4 is 49.9 Å². The Morgan fingerprint density at radius 2 is 1.92 bits per heavy atom. The molecule has 1 aromatic heterocycles. The molecule has 2 aromatic carbocycles. The van der Waals surface area contributed by atoms with Crippen LogP contribution in [0.1, 0.15) is 12.8 Å². The molecule has 25 heavy (non-hydrogen) atoms. The number of piperidine rings is 1. The van der Waals surface area contributed by atoms with Crippen molar-refractivity contribution < 1.29 is 9.84 Å². The first-order valence-corrected chi connectivity index (χ1v) is 9.60. The molecule has 2 heterocycles. The lowest BCUT2D eigenvalue weighted by atomic mass is 10.1. The van der Waals surface area contributed by atoms with E-state index in [-0.39, 0.29) is 11.9 Å². The molecular formula is C18H15Cl2N2O2S. The lowest BCUT2D eigenvalue weighted by Gasteiger charge is -2.32. The van der Waals surface area contributed by atoms with Gasteiger partial charge in [0.15, 0.2) is 5.13 Å². The fourth-order valence-corrected chi connectivity index (χ4v) is 4.28. The SMILES string of the molecule is [O]c1cccc2sc(N3CCC(Oc4ccc(Cl)c(Cl)c4)CC3)nc12. The number of benzene rings is 2. The van der Waals surface area contributed by atoms with Crippen molar-refractivity contribution in [2.24, 2.45) is 0 Å². The molecule has 0 spiro atoms. The Morgan fingerprint density at radius 3 is 2.64 bits per heavy atom. The van der Waals surface area contributed by atoms with E-state index in [1.165, 1.54) is 0 Å². The zero-order chi connectivity index (χ0) is 17.4. The summed E-state index contributed by atoms with van der Waals surface area (Å²) in [6.45, 7) is 1.69. The van der Waals surface area contributed by atoms with E-state index in [1.807, 2.05) is 12.1 Å². The molecule has 0 bridgehead atoms. The minimum atomic E-state index is -0.0159. The second kappa shape index (κ2) is 6.90. The van der Waals surface area contributed by atoms with Crippen LogP contribution >= 0.6 is 34.5 Å². The van der Waals surface area contributed by atoms with Gasteiger partial charge in [0.2, 0.25) is 5.75 Å². The number of halogens is 2. The number of rotatable bonds is 3. The monoisotopic (exact) mass is 393 g/mol. The van der Waals surface area contributed by atoms with Gasteiger partial charge in [-0.1, -0.05) is 40.6 Å². The molecule has 0 atom stereocenters. The molecule has 129 valence electrons. The van der Waals surface area contributed by atoms with Gasteiger partial charge in [-0.15, -0.1) is 0 Å². The predicted molar refractivity (Wildman–Crippen MR) is 102 cm³/mol. The fraction of sp³-hybridized carbons (Fsp3) is 0.278. The summed E-state index contributed by atoms with van der Waals surface area (Å²) in [6, 6.07) is 10.6. The van der Waals surface area contributed by atoms with Crippen LogP contribution in [-0.4, -0.2) is 24.2 Å². The Balaban J connectivity index is 1.42. The van der Waals surface area contributed by atoms with Crippen LogP contribution in [0.2, 0.25) is 10.0 Å². The van der Waals surface area contributed by atoms with E-state index in [2.05, 4.69) is 9.88 Å². The van der Waals surface area contributed by atoms with Crippen molar-refractivity contribution in [3.63, 3.8) is 0 Å². The van der Waals surface area contributed by atoms with E-state index in [1.54, 1.807) is 35.6 Å². The Hall–Kier alpha value is -1.69. The number of hydrogen-bond donors (Lipinski definition) is 0. The maximum absolute atomic E-state index is 11.9. The zero-order valence-corrected chi connectivity index (χ0v) is 15.6. The maximum atomic E-state index is 11.9. The molecule has 1 saturated heterocycles. The molecule has 0 saturated carbocycles. The number of para-hydroxylation sites is 1. The molecule has 0 amide bonds. The summed E-state index contributed by atoms with van der Waals surface area (Å²) < 4.78 is 6.96. The zero-order valence-electron chi connectivity index (χ0n) is 13.2. The Bertz CT molecular complexity index is 907.